The zero-order valence-corrected chi connectivity index (χ0v) is 7.53. The molecule has 0 aliphatic carbocycles. The zero-order valence-electron chi connectivity index (χ0n) is 7.53. The molecule has 1 rings (SSSR count). The fraction of sp³-hybridized carbons (Fsp3) is 0.714. The maximum absolute atomic E-state index is 9.10. The van der Waals surface area contributed by atoms with Gasteiger partial charge in [0.25, 0.3) is 0 Å². The van der Waals surface area contributed by atoms with Crippen LogP contribution in [0.5, 0.6) is 0 Å². The first-order chi connectivity index (χ1) is 5.85. The molecule has 1 saturated heterocycles. The minimum absolute atomic E-state index is 0.222. The van der Waals surface area contributed by atoms with Crippen molar-refractivity contribution in [2.75, 3.05) is 13.3 Å². The van der Waals surface area contributed by atoms with Crippen LogP contribution in [0.1, 0.15) is 13.8 Å². The number of hydrogen-bond donors (Lipinski definition) is 3. The molecule has 0 atom stereocenters. The molecule has 3 N–H and O–H groups in total. The summed E-state index contributed by atoms with van der Waals surface area (Å²) >= 11 is 0. The van der Waals surface area contributed by atoms with Crippen LogP contribution in [-0.2, 0) is 14.3 Å². The van der Waals surface area contributed by atoms with Gasteiger partial charge in [0.05, 0.1) is 13.3 Å². The molecule has 0 aromatic heterocycles. The predicted octanol–water partition coefficient (Wildman–Crippen LogP) is -0.502. The highest BCUT2D eigenvalue weighted by Crippen LogP contribution is 2.06. The van der Waals surface area contributed by atoms with Crippen molar-refractivity contribution < 1.29 is 24.5 Å². The molecule has 0 aromatic carbocycles. The number of carboxylic acid groups (broad SMARTS) is 2. The number of nitrogens with one attached hydrogen (secondary N) is 1. The molecule has 6 heteroatoms. The van der Waals surface area contributed by atoms with E-state index in [4.69, 9.17) is 24.5 Å². The maximum atomic E-state index is 9.10. The summed E-state index contributed by atoms with van der Waals surface area (Å²) < 4.78 is 5.05. The second-order valence-corrected chi connectivity index (χ2v) is 3.16. The van der Waals surface area contributed by atoms with Gasteiger partial charge in [0.15, 0.2) is 0 Å². The van der Waals surface area contributed by atoms with Crippen LogP contribution >= 0.6 is 0 Å². The lowest BCUT2D eigenvalue weighted by Gasteiger charge is -2.12. The van der Waals surface area contributed by atoms with Gasteiger partial charge < -0.3 is 14.9 Å². The van der Waals surface area contributed by atoms with E-state index in [1.807, 2.05) is 0 Å². The van der Waals surface area contributed by atoms with Crippen molar-refractivity contribution in [1.29, 1.82) is 0 Å². The average Bonchev–Trinajstić information content (AvgIpc) is 2.35. The fourth-order valence-electron chi connectivity index (χ4n) is 0.604. The van der Waals surface area contributed by atoms with Crippen molar-refractivity contribution in [3.63, 3.8) is 0 Å². The third-order valence-corrected chi connectivity index (χ3v) is 1.30. The van der Waals surface area contributed by atoms with E-state index in [2.05, 4.69) is 19.2 Å². The highest BCUT2D eigenvalue weighted by atomic mass is 16.5. The van der Waals surface area contributed by atoms with Gasteiger partial charge in [-0.15, -0.1) is 0 Å². The fourth-order valence-corrected chi connectivity index (χ4v) is 0.604. The van der Waals surface area contributed by atoms with Crippen LogP contribution in [0.25, 0.3) is 0 Å². The van der Waals surface area contributed by atoms with Crippen LogP contribution in [0.3, 0.4) is 0 Å². The Balaban J connectivity index is 0.000000226. The van der Waals surface area contributed by atoms with Gasteiger partial charge in [-0.25, -0.2) is 9.59 Å². The smallest absolute Gasteiger partial charge is 0.414 e. The number of carboxylic acids is 2. The van der Waals surface area contributed by atoms with Crippen LogP contribution in [0, 0.1) is 0 Å². The Labute approximate surface area is 75.5 Å². The molecule has 0 saturated carbocycles. The molecular formula is C7H13NO5. The molecule has 0 aromatic rings. The van der Waals surface area contributed by atoms with Crippen LogP contribution in [0.2, 0.25) is 0 Å². The molecule has 76 valence electrons. The molecule has 1 aliphatic heterocycles. The third kappa shape index (κ3) is 6.06. The topological polar surface area (TPSA) is 95.9 Å². The lowest BCUT2D eigenvalue weighted by Crippen LogP contribution is -2.34. The largest absolute Gasteiger partial charge is 0.473 e. The predicted molar refractivity (Wildman–Crippen MR) is 43.3 cm³/mol. The van der Waals surface area contributed by atoms with E-state index in [0.29, 0.717) is 6.73 Å². The first kappa shape index (κ1) is 11.9. The van der Waals surface area contributed by atoms with E-state index in [9.17, 15) is 0 Å². The normalized spacial score (nSPS) is 18.6. The summed E-state index contributed by atoms with van der Waals surface area (Å²) in [5.41, 5.74) is 0.222. The summed E-state index contributed by atoms with van der Waals surface area (Å²) in [6, 6.07) is 0. The number of aliphatic carboxylic acids is 2. The maximum Gasteiger partial charge on any atom is 0.414 e. The SMILES string of the molecule is CC1(C)COCN1.O=C(O)C(=O)O. The molecule has 6 nitrogen and oxygen atoms in total. The van der Waals surface area contributed by atoms with E-state index < -0.39 is 11.9 Å². The van der Waals surface area contributed by atoms with Crippen LogP contribution in [-0.4, -0.2) is 41.0 Å². The van der Waals surface area contributed by atoms with E-state index in [-0.39, 0.29) is 5.54 Å². The van der Waals surface area contributed by atoms with Crippen molar-refractivity contribution in [1.82, 2.24) is 5.32 Å². The van der Waals surface area contributed by atoms with Gasteiger partial charge >= 0.3 is 11.9 Å². The highest BCUT2D eigenvalue weighted by molar-refractivity contribution is 6.27. The van der Waals surface area contributed by atoms with Gasteiger partial charge in [-0.3, -0.25) is 5.32 Å². The summed E-state index contributed by atoms with van der Waals surface area (Å²) in [5.74, 6) is -3.65. The van der Waals surface area contributed by atoms with Gasteiger partial charge in [-0.1, -0.05) is 0 Å². The van der Waals surface area contributed by atoms with Crippen molar-refractivity contribution >= 4 is 11.9 Å². The Hall–Kier alpha value is -1.14. The summed E-state index contributed by atoms with van der Waals surface area (Å²) in [6.07, 6.45) is 0. The Kier molecular flexibility index (Phi) is 4.36. The minimum Gasteiger partial charge on any atom is -0.473 e. The quantitative estimate of drug-likeness (QED) is 0.446. The molecule has 1 heterocycles. The molecule has 0 spiro atoms. The summed E-state index contributed by atoms with van der Waals surface area (Å²) in [5, 5.41) is 18.0. The Morgan fingerprint density at radius 1 is 1.31 bits per heavy atom. The van der Waals surface area contributed by atoms with Gasteiger partial charge in [0.2, 0.25) is 0 Å². The molecule has 13 heavy (non-hydrogen) atoms. The number of hydrogen-bond acceptors (Lipinski definition) is 4. The molecule has 0 radical (unpaired) electrons. The minimum atomic E-state index is -1.82. The third-order valence-electron chi connectivity index (χ3n) is 1.30. The molecule has 1 aliphatic rings. The molecule has 0 amide bonds. The van der Waals surface area contributed by atoms with Crippen LogP contribution in [0.4, 0.5) is 0 Å². The van der Waals surface area contributed by atoms with Gasteiger partial charge in [-0.2, -0.15) is 0 Å². The standard InChI is InChI=1S/C5H11NO.C2H2O4/c1-5(2)3-7-4-6-5;3-1(4)2(5)6/h6H,3-4H2,1-2H3;(H,3,4)(H,5,6). The first-order valence-electron chi connectivity index (χ1n) is 3.64. The van der Waals surface area contributed by atoms with E-state index >= 15 is 0 Å². The molecule has 1 fully saturated rings. The molecular weight excluding hydrogens is 178 g/mol. The highest BCUT2D eigenvalue weighted by Gasteiger charge is 2.21. The van der Waals surface area contributed by atoms with E-state index in [0.717, 1.165) is 6.61 Å². The van der Waals surface area contributed by atoms with E-state index in [1.54, 1.807) is 0 Å². The Morgan fingerprint density at radius 3 is 1.85 bits per heavy atom. The molecule has 0 unspecified atom stereocenters. The number of carbonyl (C=O) groups is 2. The molecule has 0 bridgehead atoms. The van der Waals surface area contributed by atoms with Crippen LogP contribution in [0.15, 0.2) is 0 Å². The summed E-state index contributed by atoms with van der Waals surface area (Å²) in [7, 11) is 0. The van der Waals surface area contributed by atoms with Gasteiger partial charge in [-0.05, 0) is 13.8 Å². The monoisotopic (exact) mass is 191 g/mol. The van der Waals surface area contributed by atoms with Crippen LogP contribution < -0.4 is 5.32 Å². The van der Waals surface area contributed by atoms with E-state index in [1.165, 1.54) is 0 Å². The van der Waals surface area contributed by atoms with Crippen molar-refractivity contribution in [3.05, 3.63) is 0 Å². The number of ether oxygens (including phenoxy) is 1. The lowest BCUT2D eigenvalue weighted by atomic mass is 10.1. The second kappa shape index (κ2) is 4.78. The first-order valence-corrected chi connectivity index (χ1v) is 3.64. The van der Waals surface area contributed by atoms with Crippen molar-refractivity contribution in [2.24, 2.45) is 0 Å². The Morgan fingerprint density at radius 2 is 1.77 bits per heavy atom. The summed E-state index contributed by atoms with van der Waals surface area (Å²) in [4.78, 5) is 18.2. The van der Waals surface area contributed by atoms with Gasteiger partial charge in [0, 0.05) is 5.54 Å². The lowest BCUT2D eigenvalue weighted by molar-refractivity contribution is -0.159. The number of rotatable bonds is 0. The van der Waals surface area contributed by atoms with Gasteiger partial charge in [0.1, 0.15) is 0 Å². The zero-order chi connectivity index (χ0) is 10.5. The van der Waals surface area contributed by atoms with Crippen molar-refractivity contribution in [3.8, 4) is 0 Å². The second-order valence-electron chi connectivity index (χ2n) is 3.16. The Bertz CT molecular complexity index is 181. The van der Waals surface area contributed by atoms with Crippen molar-refractivity contribution in [2.45, 2.75) is 19.4 Å². The average molecular weight is 191 g/mol. The summed E-state index contributed by atoms with van der Waals surface area (Å²) in [6.45, 7) is 5.81.